The molecule has 1 aromatic rings. The molecular formula is C11H18ClN3O2S. The lowest BCUT2D eigenvalue weighted by Crippen LogP contribution is -2.37. The van der Waals surface area contributed by atoms with Crippen LogP contribution in [0.2, 0.25) is 5.15 Å². The number of hydrogen-bond acceptors (Lipinski definition) is 3. The minimum absolute atomic E-state index is 0.236. The van der Waals surface area contributed by atoms with Crippen LogP contribution in [0.5, 0.6) is 0 Å². The number of anilines is 1. The van der Waals surface area contributed by atoms with Crippen LogP contribution in [-0.2, 0) is 10.2 Å². The summed E-state index contributed by atoms with van der Waals surface area (Å²) in [6, 6.07) is 4.81. The van der Waals surface area contributed by atoms with E-state index in [1.54, 1.807) is 18.2 Å². The van der Waals surface area contributed by atoms with Gasteiger partial charge in [-0.3, -0.25) is 4.72 Å². The molecule has 1 aromatic heterocycles. The van der Waals surface area contributed by atoms with Crippen molar-refractivity contribution in [1.82, 2.24) is 9.29 Å². The van der Waals surface area contributed by atoms with Crippen LogP contribution in [0.3, 0.4) is 0 Å². The van der Waals surface area contributed by atoms with E-state index in [0.29, 0.717) is 13.1 Å². The molecule has 0 aromatic carbocycles. The molecule has 0 unspecified atom stereocenters. The molecule has 0 aliphatic carbocycles. The zero-order valence-electron chi connectivity index (χ0n) is 10.6. The Morgan fingerprint density at radius 1 is 1.28 bits per heavy atom. The van der Waals surface area contributed by atoms with Gasteiger partial charge in [0.1, 0.15) is 11.0 Å². The van der Waals surface area contributed by atoms with Crippen LogP contribution in [0.25, 0.3) is 0 Å². The van der Waals surface area contributed by atoms with Crippen molar-refractivity contribution in [3.8, 4) is 0 Å². The Morgan fingerprint density at radius 3 is 2.39 bits per heavy atom. The van der Waals surface area contributed by atoms with Gasteiger partial charge in [-0.15, -0.1) is 0 Å². The minimum Gasteiger partial charge on any atom is -0.254 e. The molecule has 0 saturated carbocycles. The number of nitrogens with one attached hydrogen (secondary N) is 1. The van der Waals surface area contributed by atoms with Gasteiger partial charge in [0.05, 0.1) is 0 Å². The smallest absolute Gasteiger partial charge is 0.254 e. The fourth-order valence-electron chi connectivity index (χ4n) is 1.51. The van der Waals surface area contributed by atoms with Gasteiger partial charge < -0.3 is 0 Å². The van der Waals surface area contributed by atoms with Gasteiger partial charge in [0, 0.05) is 13.1 Å². The molecule has 0 aliphatic rings. The summed E-state index contributed by atoms with van der Waals surface area (Å²) in [5.74, 6) is 0.236. The predicted molar refractivity (Wildman–Crippen MR) is 73.9 cm³/mol. The number of pyridine rings is 1. The fraction of sp³-hybridized carbons (Fsp3) is 0.545. The maximum atomic E-state index is 12.1. The molecule has 5 nitrogen and oxygen atoms in total. The molecule has 0 fully saturated rings. The molecule has 7 heteroatoms. The monoisotopic (exact) mass is 291 g/mol. The Balaban J connectivity index is 2.85. The molecule has 0 radical (unpaired) electrons. The van der Waals surface area contributed by atoms with Gasteiger partial charge in [0.2, 0.25) is 0 Å². The topological polar surface area (TPSA) is 62.3 Å². The first-order chi connectivity index (χ1) is 8.49. The van der Waals surface area contributed by atoms with E-state index in [2.05, 4.69) is 9.71 Å². The van der Waals surface area contributed by atoms with Crippen molar-refractivity contribution in [2.75, 3.05) is 17.8 Å². The SMILES string of the molecule is CCCN(CCC)S(=O)(=O)Nc1cccc(Cl)n1. The normalized spacial score (nSPS) is 11.8. The number of aromatic nitrogens is 1. The number of halogens is 1. The second-order valence-corrected chi connectivity index (χ2v) is 5.91. The molecule has 0 saturated heterocycles. The average molecular weight is 292 g/mol. The molecule has 1 heterocycles. The van der Waals surface area contributed by atoms with Crippen LogP contribution in [0.15, 0.2) is 18.2 Å². The zero-order chi connectivity index (χ0) is 13.6. The number of nitrogens with zero attached hydrogens (tertiary/aromatic N) is 2. The van der Waals surface area contributed by atoms with Crippen molar-refractivity contribution in [3.05, 3.63) is 23.4 Å². The van der Waals surface area contributed by atoms with Gasteiger partial charge in [-0.05, 0) is 25.0 Å². The van der Waals surface area contributed by atoms with Gasteiger partial charge in [0.25, 0.3) is 0 Å². The highest BCUT2D eigenvalue weighted by Gasteiger charge is 2.20. The third-order valence-corrected chi connectivity index (χ3v) is 3.96. The summed E-state index contributed by atoms with van der Waals surface area (Å²) < 4.78 is 28.1. The quantitative estimate of drug-likeness (QED) is 0.785. The molecule has 102 valence electrons. The van der Waals surface area contributed by atoms with Crippen molar-refractivity contribution in [2.45, 2.75) is 26.7 Å². The Morgan fingerprint density at radius 2 is 1.89 bits per heavy atom. The highest BCUT2D eigenvalue weighted by molar-refractivity contribution is 7.90. The third-order valence-electron chi connectivity index (χ3n) is 2.23. The third kappa shape index (κ3) is 4.44. The Kier molecular flexibility index (Phi) is 5.84. The predicted octanol–water partition coefficient (Wildman–Crippen LogP) is 2.51. The molecule has 0 atom stereocenters. The van der Waals surface area contributed by atoms with Crippen molar-refractivity contribution in [3.63, 3.8) is 0 Å². The van der Waals surface area contributed by atoms with E-state index in [0.717, 1.165) is 12.8 Å². The first-order valence-corrected chi connectivity index (χ1v) is 7.71. The summed E-state index contributed by atoms with van der Waals surface area (Å²) >= 11 is 5.72. The van der Waals surface area contributed by atoms with Crippen molar-refractivity contribution >= 4 is 27.6 Å². The lowest BCUT2D eigenvalue weighted by molar-refractivity contribution is 0.413. The van der Waals surface area contributed by atoms with E-state index in [-0.39, 0.29) is 11.0 Å². The van der Waals surface area contributed by atoms with Crippen LogP contribution >= 0.6 is 11.6 Å². The second kappa shape index (κ2) is 6.92. The van der Waals surface area contributed by atoms with Crippen LogP contribution in [-0.4, -0.2) is 30.8 Å². The van der Waals surface area contributed by atoms with E-state index < -0.39 is 10.2 Å². The molecule has 0 aliphatic heterocycles. The zero-order valence-corrected chi connectivity index (χ0v) is 12.1. The van der Waals surface area contributed by atoms with Crippen molar-refractivity contribution in [1.29, 1.82) is 0 Å². The van der Waals surface area contributed by atoms with E-state index in [1.807, 2.05) is 13.8 Å². The van der Waals surface area contributed by atoms with Crippen molar-refractivity contribution < 1.29 is 8.42 Å². The van der Waals surface area contributed by atoms with E-state index in [1.165, 1.54) is 4.31 Å². The maximum absolute atomic E-state index is 12.1. The van der Waals surface area contributed by atoms with Crippen LogP contribution in [0, 0.1) is 0 Å². The summed E-state index contributed by atoms with van der Waals surface area (Å²) in [5, 5.41) is 0.257. The molecule has 0 spiro atoms. The lowest BCUT2D eigenvalue weighted by atomic mass is 10.4. The van der Waals surface area contributed by atoms with Gasteiger partial charge >= 0.3 is 10.2 Å². The highest BCUT2D eigenvalue weighted by atomic mass is 35.5. The van der Waals surface area contributed by atoms with Crippen molar-refractivity contribution in [2.24, 2.45) is 0 Å². The molecule has 0 bridgehead atoms. The highest BCUT2D eigenvalue weighted by Crippen LogP contribution is 2.13. The largest absolute Gasteiger partial charge is 0.302 e. The Hall–Kier alpha value is -0.850. The minimum atomic E-state index is -3.55. The van der Waals surface area contributed by atoms with E-state index in [4.69, 9.17) is 11.6 Å². The first-order valence-electron chi connectivity index (χ1n) is 5.90. The van der Waals surface area contributed by atoms with Gasteiger partial charge in [0.15, 0.2) is 0 Å². The second-order valence-electron chi connectivity index (χ2n) is 3.85. The Bertz CT molecular complexity index is 473. The molecule has 1 rings (SSSR count). The number of rotatable bonds is 7. The van der Waals surface area contributed by atoms with Gasteiger partial charge in [-0.25, -0.2) is 4.98 Å². The van der Waals surface area contributed by atoms with Gasteiger partial charge in [-0.2, -0.15) is 12.7 Å². The Labute approximate surface area is 113 Å². The van der Waals surface area contributed by atoms with Crippen LogP contribution in [0.4, 0.5) is 5.82 Å². The summed E-state index contributed by atoms with van der Waals surface area (Å²) in [6.07, 6.45) is 1.54. The first kappa shape index (κ1) is 15.2. The molecule has 18 heavy (non-hydrogen) atoms. The summed E-state index contributed by atoms with van der Waals surface area (Å²) in [5.41, 5.74) is 0. The summed E-state index contributed by atoms with van der Waals surface area (Å²) in [6.45, 7) is 4.86. The summed E-state index contributed by atoms with van der Waals surface area (Å²) in [4.78, 5) is 3.91. The van der Waals surface area contributed by atoms with E-state index >= 15 is 0 Å². The lowest BCUT2D eigenvalue weighted by Gasteiger charge is -2.21. The molecule has 0 amide bonds. The average Bonchev–Trinajstić information content (AvgIpc) is 2.28. The molecule has 1 N–H and O–H groups in total. The van der Waals surface area contributed by atoms with E-state index in [9.17, 15) is 8.42 Å². The fourth-order valence-corrected chi connectivity index (χ4v) is 3.03. The van der Waals surface area contributed by atoms with Crippen LogP contribution < -0.4 is 4.72 Å². The van der Waals surface area contributed by atoms with Gasteiger partial charge in [-0.1, -0.05) is 31.5 Å². The maximum Gasteiger partial charge on any atom is 0.302 e. The summed E-state index contributed by atoms with van der Waals surface area (Å²) in [7, 11) is -3.55. The molecular weight excluding hydrogens is 274 g/mol. The number of hydrogen-bond donors (Lipinski definition) is 1. The standard InChI is InChI=1S/C11H18ClN3O2S/c1-3-8-15(9-4-2)18(16,17)14-11-7-5-6-10(12)13-11/h5-7H,3-4,8-9H2,1-2H3,(H,13,14). The van der Waals surface area contributed by atoms with Crippen LogP contribution in [0.1, 0.15) is 26.7 Å².